The molecule has 12 nitrogen and oxygen atoms in total. The molecule has 0 spiro atoms. The average Bonchev–Trinajstić information content (AvgIpc) is 3.40. The van der Waals surface area contributed by atoms with E-state index in [1.54, 1.807) is 31.7 Å². The Morgan fingerprint density at radius 2 is 1.60 bits per heavy atom. The molecule has 2 amide bonds. The van der Waals surface area contributed by atoms with Crippen LogP contribution in [0.2, 0.25) is 5.02 Å². The van der Waals surface area contributed by atoms with Crippen LogP contribution in [0.1, 0.15) is 41.5 Å². The van der Waals surface area contributed by atoms with Crippen LogP contribution < -0.4 is 15.1 Å². The van der Waals surface area contributed by atoms with Gasteiger partial charge in [0.25, 0.3) is 0 Å². The van der Waals surface area contributed by atoms with Crippen molar-refractivity contribution in [1.82, 2.24) is 24.8 Å². The van der Waals surface area contributed by atoms with Crippen molar-refractivity contribution in [1.29, 1.82) is 0 Å². The largest absolute Gasteiger partial charge is 0.444 e. The minimum absolute atomic E-state index is 0.00147. The lowest BCUT2D eigenvalue weighted by Gasteiger charge is -2.43. The molecule has 2 aromatic heterocycles. The standard InChI is InChI=1S/C34H41ClF2N8O4S/c1-33(2,3)48-31(46)41-30-39-26-19(9-10-22(36)27(26)50-30)23-21(35)15-20-25(24(23)37)38-29(45-16-18(17-45)42(7)8)40-28(20)43-11-13-44(14-12-43)32(47)49-34(4,5)6/h9-10,15,18H,11-14,16-17H2,1-8H3,(H,39,41,46). The van der Waals surface area contributed by atoms with Crippen LogP contribution in [0.4, 0.5) is 35.3 Å². The van der Waals surface area contributed by atoms with Gasteiger partial charge in [-0.2, -0.15) is 4.98 Å². The molecule has 6 rings (SSSR count). The fraction of sp³-hybridized carbons (Fsp3) is 0.500. The number of anilines is 3. The minimum atomic E-state index is -0.756. The van der Waals surface area contributed by atoms with Crippen LogP contribution in [0, 0.1) is 11.6 Å². The molecule has 2 aliphatic rings. The van der Waals surface area contributed by atoms with E-state index >= 15 is 8.78 Å². The van der Waals surface area contributed by atoms with Crippen molar-refractivity contribution in [2.45, 2.75) is 58.8 Å². The third kappa shape index (κ3) is 7.35. The number of nitrogens with one attached hydrogen (secondary N) is 1. The summed E-state index contributed by atoms with van der Waals surface area (Å²) in [5, 5.41) is 3.09. The summed E-state index contributed by atoms with van der Waals surface area (Å²) >= 11 is 7.78. The maximum absolute atomic E-state index is 17.0. The Kier molecular flexibility index (Phi) is 9.46. The van der Waals surface area contributed by atoms with Crippen LogP contribution >= 0.6 is 22.9 Å². The summed E-state index contributed by atoms with van der Waals surface area (Å²) in [7, 11) is 4.01. The first-order valence-electron chi connectivity index (χ1n) is 16.3. The number of halogens is 3. The Morgan fingerprint density at radius 1 is 0.940 bits per heavy atom. The fourth-order valence-corrected chi connectivity index (χ4v) is 6.97. The predicted octanol–water partition coefficient (Wildman–Crippen LogP) is 6.99. The number of carbonyl (C=O) groups is 2. The molecule has 4 aromatic rings. The van der Waals surface area contributed by atoms with Gasteiger partial charge in [0, 0.05) is 61.8 Å². The van der Waals surface area contributed by atoms with E-state index in [0.717, 1.165) is 11.3 Å². The number of piperazine rings is 1. The lowest BCUT2D eigenvalue weighted by Crippen LogP contribution is -2.58. The Labute approximate surface area is 298 Å². The Morgan fingerprint density at radius 3 is 2.22 bits per heavy atom. The fourth-order valence-electron chi connectivity index (χ4n) is 5.79. The van der Waals surface area contributed by atoms with E-state index in [4.69, 9.17) is 31.0 Å². The molecule has 0 unspecified atom stereocenters. The van der Waals surface area contributed by atoms with Crippen molar-refractivity contribution in [3.05, 3.63) is 34.9 Å². The highest BCUT2D eigenvalue weighted by Crippen LogP contribution is 2.43. The first kappa shape index (κ1) is 35.7. The van der Waals surface area contributed by atoms with E-state index in [2.05, 4.69) is 15.2 Å². The van der Waals surface area contributed by atoms with Gasteiger partial charge in [0.15, 0.2) is 10.9 Å². The number of amides is 2. The van der Waals surface area contributed by atoms with E-state index in [1.807, 2.05) is 44.7 Å². The molecule has 2 aromatic carbocycles. The molecule has 2 fully saturated rings. The zero-order valence-electron chi connectivity index (χ0n) is 29.4. The number of likely N-dealkylation sites (N-methyl/N-ethyl adjacent to an activating group) is 1. The maximum atomic E-state index is 17.0. The highest BCUT2D eigenvalue weighted by molar-refractivity contribution is 7.22. The summed E-state index contributed by atoms with van der Waals surface area (Å²) in [6.45, 7) is 13.6. The van der Waals surface area contributed by atoms with Crippen LogP contribution in [0.3, 0.4) is 0 Å². The van der Waals surface area contributed by atoms with Gasteiger partial charge >= 0.3 is 12.2 Å². The molecule has 268 valence electrons. The van der Waals surface area contributed by atoms with Gasteiger partial charge in [0.1, 0.15) is 28.4 Å². The lowest BCUT2D eigenvalue weighted by atomic mass is 10.0. The molecule has 0 aliphatic carbocycles. The number of nitrogens with zero attached hydrogens (tertiary/aromatic N) is 7. The number of thiazole rings is 1. The molecule has 50 heavy (non-hydrogen) atoms. The Hall–Kier alpha value is -4.08. The second-order valence-corrected chi connectivity index (χ2v) is 16.1. The van der Waals surface area contributed by atoms with Crippen LogP contribution in [0.15, 0.2) is 18.2 Å². The van der Waals surface area contributed by atoms with Crippen molar-refractivity contribution in [2.75, 3.05) is 68.5 Å². The molecule has 1 N–H and O–H groups in total. The van der Waals surface area contributed by atoms with E-state index < -0.39 is 35.0 Å². The summed E-state index contributed by atoms with van der Waals surface area (Å²) in [4.78, 5) is 47.1. The van der Waals surface area contributed by atoms with E-state index in [0.29, 0.717) is 62.5 Å². The number of benzene rings is 2. The zero-order chi connectivity index (χ0) is 36.3. The molecule has 2 aliphatic heterocycles. The second-order valence-electron chi connectivity index (χ2n) is 14.7. The zero-order valence-corrected chi connectivity index (χ0v) is 30.9. The smallest absolute Gasteiger partial charge is 0.413 e. The number of hydrogen-bond acceptors (Lipinski definition) is 11. The Balaban J connectivity index is 1.41. The summed E-state index contributed by atoms with van der Waals surface area (Å²) < 4.78 is 43.1. The van der Waals surface area contributed by atoms with Crippen molar-refractivity contribution in [3.63, 3.8) is 0 Å². The third-order valence-corrected chi connectivity index (χ3v) is 9.61. The summed E-state index contributed by atoms with van der Waals surface area (Å²) in [6.07, 6.45) is -1.14. The van der Waals surface area contributed by atoms with Crippen LogP contribution in [0.5, 0.6) is 0 Å². The first-order chi connectivity index (χ1) is 23.4. The Bertz CT molecular complexity index is 1970. The number of fused-ring (bicyclic) bond motifs is 2. The average molecular weight is 731 g/mol. The number of carbonyl (C=O) groups excluding carboxylic acids is 2. The van der Waals surface area contributed by atoms with Crippen molar-refractivity contribution < 1.29 is 27.8 Å². The number of hydrogen-bond donors (Lipinski definition) is 1. The number of rotatable bonds is 5. The van der Waals surface area contributed by atoms with Crippen molar-refractivity contribution in [3.8, 4) is 11.1 Å². The normalized spacial score (nSPS) is 16.0. The molecular formula is C34H41ClF2N8O4S. The molecule has 0 atom stereocenters. The van der Waals surface area contributed by atoms with Crippen molar-refractivity contribution >= 4 is 73.1 Å². The van der Waals surface area contributed by atoms with Gasteiger partial charge in [-0.25, -0.2) is 28.3 Å². The summed E-state index contributed by atoms with van der Waals surface area (Å²) in [5.41, 5.74) is -0.961. The quantitative estimate of drug-likeness (QED) is 0.230. The van der Waals surface area contributed by atoms with Gasteiger partial charge in [0.05, 0.1) is 15.2 Å². The minimum Gasteiger partial charge on any atom is -0.444 e. The maximum Gasteiger partial charge on any atom is 0.413 e. The molecule has 2 saturated heterocycles. The highest BCUT2D eigenvalue weighted by Gasteiger charge is 2.34. The molecule has 16 heteroatoms. The van der Waals surface area contributed by atoms with Gasteiger partial charge in [-0.1, -0.05) is 22.9 Å². The highest BCUT2D eigenvalue weighted by atomic mass is 35.5. The van der Waals surface area contributed by atoms with Gasteiger partial charge < -0.3 is 29.1 Å². The van der Waals surface area contributed by atoms with E-state index in [-0.39, 0.29) is 37.0 Å². The van der Waals surface area contributed by atoms with Gasteiger partial charge in [0.2, 0.25) is 5.95 Å². The van der Waals surface area contributed by atoms with Gasteiger partial charge in [-0.3, -0.25) is 5.32 Å². The van der Waals surface area contributed by atoms with E-state index in [9.17, 15) is 9.59 Å². The van der Waals surface area contributed by atoms with Crippen LogP contribution in [-0.4, -0.2) is 108 Å². The first-order valence-corrected chi connectivity index (χ1v) is 17.5. The number of aromatic nitrogens is 3. The van der Waals surface area contributed by atoms with Crippen molar-refractivity contribution in [2.24, 2.45) is 0 Å². The van der Waals surface area contributed by atoms with Gasteiger partial charge in [-0.15, -0.1) is 0 Å². The monoisotopic (exact) mass is 730 g/mol. The second kappa shape index (κ2) is 13.2. The predicted molar refractivity (Wildman–Crippen MR) is 193 cm³/mol. The van der Waals surface area contributed by atoms with Crippen LogP contribution in [0.25, 0.3) is 32.2 Å². The molecule has 0 saturated carbocycles. The summed E-state index contributed by atoms with van der Waals surface area (Å²) in [6, 6.07) is 4.55. The summed E-state index contributed by atoms with van der Waals surface area (Å²) in [5.74, 6) is -0.427. The molecule has 4 heterocycles. The van der Waals surface area contributed by atoms with Gasteiger partial charge in [-0.05, 0) is 73.8 Å². The van der Waals surface area contributed by atoms with Crippen LogP contribution in [-0.2, 0) is 9.47 Å². The molecule has 0 radical (unpaired) electrons. The molecule has 0 bridgehead atoms. The van der Waals surface area contributed by atoms with E-state index in [1.165, 1.54) is 12.1 Å². The molecular weight excluding hydrogens is 690 g/mol. The topological polar surface area (TPSA) is 116 Å². The number of ether oxygens (including phenoxy) is 2. The third-order valence-electron chi connectivity index (χ3n) is 8.33. The lowest BCUT2D eigenvalue weighted by molar-refractivity contribution is 0.0240. The SMILES string of the molecule is CN(C)C1CN(c2nc(N3CCN(C(=O)OC(C)(C)C)CC3)c3cc(Cl)c(-c4ccc(F)c5sc(NC(=O)OC(C)(C)C)nc45)c(F)c3n2)C1.